The molecule has 0 radical (unpaired) electrons. The lowest BCUT2D eigenvalue weighted by molar-refractivity contribution is 0.509. The Labute approximate surface area is 161 Å². The molecule has 0 amide bonds. The first-order chi connectivity index (χ1) is 12.0. The molecule has 0 N–H and O–H groups in total. The highest BCUT2D eigenvalue weighted by Gasteiger charge is 2.05. The van der Waals surface area contributed by atoms with Gasteiger partial charge in [0.15, 0.2) is 0 Å². The van der Waals surface area contributed by atoms with Gasteiger partial charge in [-0.05, 0) is 17.8 Å². The van der Waals surface area contributed by atoms with Crippen LogP contribution in [0.15, 0.2) is 12.2 Å². The van der Waals surface area contributed by atoms with Gasteiger partial charge in [0.05, 0.1) is 0 Å². The van der Waals surface area contributed by atoms with E-state index in [0.717, 1.165) is 5.92 Å². The van der Waals surface area contributed by atoms with E-state index in [-0.39, 0.29) is 0 Å². The second-order valence-electron chi connectivity index (χ2n) is 9.44. The monoisotopic (exact) mass is 350 g/mol. The predicted molar refractivity (Wildman–Crippen MR) is 117 cm³/mol. The molecule has 25 heavy (non-hydrogen) atoms. The fourth-order valence-electron chi connectivity index (χ4n) is 3.39. The van der Waals surface area contributed by atoms with Gasteiger partial charge in [0, 0.05) is 0 Å². The average Bonchev–Trinajstić information content (AvgIpc) is 2.56. The van der Waals surface area contributed by atoms with Gasteiger partial charge in [0.1, 0.15) is 0 Å². The van der Waals surface area contributed by atoms with Gasteiger partial charge in [-0.2, -0.15) is 0 Å². The molecule has 0 fully saturated rings. The summed E-state index contributed by atoms with van der Waals surface area (Å²) >= 11 is 0. The van der Waals surface area contributed by atoms with E-state index in [0.29, 0.717) is 5.41 Å². The summed E-state index contributed by atoms with van der Waals surface area (Å²) in [5.74, 6) is 0.751. The van der Waals surface area contributed by atoms with Crippen LogP contribution in [0.1, 0.15) is 137 Å². The molecule has 0 bridgehead atoms. The molecular formula is C25H50. The summed E-state index contributed by atoms with van der Waals surface area (Å²) in [5, 5.41) is 0. The topological polar surface area (TPSA) is 0 Å². The minimum atomic E-state index is 0.337. The molecule has 0 aromatic heterocycles. The van der Waals surface area contributed by atoms with E-state index in [2.05, 4.69) is 46.8 Å². The van der Waals surface area contributed by atoms with Gasteiger partial charge in [0.2, 0.25) is 0 Å². The zero-order valence-electron chi connectivity index (χ0n) is 18.5. The van der Waals surface area contributed by atoms with Crippen molar-refractivity contribution in [3.63, 3.8) is 0 Å². The summed E-state index contributed by atoms with van der Waals surface area (Å²) in [7, 11) is 0. The summed E-state index contributed by atoms with van der Waals surface area (Å²) in [4.78, 5) is 0. The summed E-state index contributed by atoms with van der Waals surface area (Å²) in [5.41, 5.74) is 0.337. The SMILES string of the molecule is CCCCCCCCCCCCCCCCCC(C)C=CC(C)(C)C. The fourth-order valence-corrected chi connectivity index (χ4v) is 3.39. The Morgan fingerprint density at radius 1 is 0.600 bits per heavy atom. The van der Waals surface area contributed by atoms with Gasteiger partial charge in [0.25, 0.3) is 0 Å². The number of rotatable bonds is 17. The van der Waals surface area contributed by atoms with Crippen LogP contribution in [0.25, 0.3) is 0 Å². The highest BCUT2D eigenvalue weighted by atomic mass is 14.1. The average molecular weight is 351 g/mol. The van der Waals surface area contributed by atoms with E-state index in [1.165, 1.54) is 103 Å². The van der Waals surface area contributed by atoms with Crippen molar-refractivity contribution in [2.24, 2.45) is 11.3 Å². The molecule has 0 aromatic rings. The van der Waals surface area contributed by atoms with Crippen molar-refractivity contribution >= 4 is 0 Å². The zero-order chi connectivity index (χ0) is 18.8. The maximum absolute atomic E-state index is 2.42. The minimum absolute atomic E-state index is 0.337. The van der Waals surface area contributed by atoms with Crippen molar-refractivity contribution in [2.45, 2.75) is 137 Å². The Morgan fingerprint density at radius 3 is 1.32 bits per heavy atom. The largest absolute Gasteiger partial charge is 0.0852 e. The summed E-state index contributed by atoms with van der Waals surface area (Å²) in [6, 6.07) is 0. The molecule has 0 aromatic carbocycles. The number of unbranched alkanes of at least 4 members (excludes halogenated alkanes) is 14. The van der Waals surface area contributed by atoms with Crippen LogP contribution in [0.2, 0.25) is 0 Å². The van der Waals surface area contributed by atoms with E-state index < -0.39 is 0 Å². The normalized spacial score (nSPS) is 13.6. The van der Waals surface area contributed by atoms with Crippen molar-refractivity contribution in [1.29, 1.82) is 0 Å². The first kappa shape index (κ1) is 24.7. The number of allylic oxidation sites excluding steroid dienone is 2. The lowest BCUT2D eigenvalue weighted by Crippen LogP contribution is -2.00. The first-order valence-electron chi connectivity index (χ1n) is 11.6. The van der Waals surface area contributed by atoms with E-state index in [9.17, 15) is 0 Å². The Balaban J connectivity index is 3.20. The summed E-state index contributed by atoms with van der Waals surface area (Å²) in [6.07, 6.45) is 28.0. The van der Waals surface area contributed by atoms with Crippen molar-refractivity contribution in [1.82, 2.24) is 0 Å². The lowest BCUT2D eigenvalue weighted by atomic mass is 9.93. The van der Waals surface area contributed by atoms with Gasteiger partial charge in [-0.15, -0.1) is 0 Å². The standard InChI is InChI=1S/C25H50/c1-6-7-8-9-10-11-12-13-14-15-16-17-18-19-20-21-24(2)22-23-25(3,4)5/h22-24H,6-21H2,1-5H3. The summed E-state index contributed by atoms with van der Waals surface area (Å²) < 4.78 is 0. The smallest absolute Gasteiger partial charge is 0.0203 e. The third-order valence-electron chi connectivity index (χ3n) is 5.19. The molecule has 0 nitrogen and oxygen atoms in total. The van der Waals surface area contributed by atoms with Crippen molar-refractivity contribution in [2.75, 3.05) is 0 Å². The van der Waals surface area contributed by atoms with Gasteiger partial charge in [-0.3, -0.25) is 0 Å². The Hall–Kier alpha value is -0.260. The molecule has 0 spiro atoms. The first-order valence-corrected chi connectivity index (χ1v) is 11.6. The molecule has 150 valence electrons. The van der Waals surface area contributed by atoms with Crippen LogP contribution in [0.4, 0.5) is 0 Å². The Morgan fingerprint density at radius 2 is 0.960 bits per heavy atom. The molecule has 0 heteroatoms. The number of hydrogen-bond acceptors (Lipinski definition) is 0. The van der Waals surface area contributed by atoms with E-state index >= 15 is 0 Å². The third-order valence-corrected chi connectivity index (χ3v) is 5.19. The molecule has 0 saturated heterocycles. The highest BCUT2D eigenvalue weighted by molar-refractivity contribution is 4.94. The third kappa shape index (κ3) is 21.7. The van der Waals surface area contributed by atoms with Crippen LogP contribution in [0.3, 0.4) is 0 Å². The van der Waals surface area contributed by atoms with Gasteiger partial charge in [-0.1, -0.05) is 143 Å². The molecular weight excluding hydrogens is 300 g/mol. The van der Waals surface area contributed by atoms with Gasteiger partial charge < -0.3 is 0 Å². The summed E-state index contributed by atoms with van der Waals surface area (Å²) in [6.45, 7) is 11.5. The van der Waals surface area contributed by atoms with E-state index in [1.54, 1.807) is 0 Å². The molecule has 0 heterocycles. The second kappa shape index (κ2) is 17.2. The lowest BCUT2D eigenvalue weighted by Gasteiger charge is -2.13. The Kier molecular flexibility index (Phi) is 17.0. The molecule has 0 aliphatic heterocycles. The van der Waals surface area contributed by atoms with Crippen LogP contribution in [-0.2, 0) is 0 Å². The minimum Gasteiger partial charge on any atom is -0.0852 e. The fraction of sp³-hybridized carbons (Fsp3) is 0.920. The van der Waals surface area contributed by atoms with Crippen LogP contribution >= 0.6 is 0 Å². The molecule has 0 aliphatic carbocycles. The van der Waals surface area contributed by atoms with Crippen molar-refractivity contribution in [3.8, 4) is 0 Å². The van der Waals surface area contributed by atoms with E-state index in [1.807, 2.05) is 0 Å². The molecule has 1 unspecified atom stereocenters. The van der Waals surface area contributed by atoms with Crippen LogP contribution in [0, 0.1) is 11.3 Å². The number of hydrogen-bond donors (Lipinski definition) is 0. The maximum atomic E-state index is 2.42. The molecule has 1 atom stereocenters. The maximum Gasteiger partial charge on any atom is -0.0203 e. The quantitative estimate of drug-likeness (QED) is 0.181. The predicted octanol–water partition coefficient (Wildman–Crippen LogP) is 9.49. The molecule has 0 saturated carbocycles. The van der Waals surface area contributed by atoms with Crippen LogP contribution in [0.5, 0.6) is 0 Å². The van der Waals surface area contributed by atoms with Crippen molar-refractivity contribution < 1.29 is 0 Å². The zero-order valence-corrected chi connectivity index (χ0v) is 18.5. The van der Waals surface area contributed by atoms with Gasteiger partial charge in [-0.25, -0.2) is 0 Å². The molecule has 0 rings (SSSR count). The Bertz CT molecular complexity index is 281. The molecule has 0 aliphatic rings. The van der Waals surface area contributed by atoms with Crippen LogP contribution < -0.4 is 0 Å². The second-order valence-corrected chi connectivity index (χ2v) is 9.44. The van der Waals surface area contributed by atoms with Gasteiger partial charge >= 0.3 is 0 Å². The van der Waals surface area contributed by atoms with Crippen LogP contribution in [-0.4, -0.2) is 0 Å². The highest BCUT2D eigenvalue weighted by Crippen LogP contribution is 2.19. The van der Waals surface area contributed by atoms with Crippen molar-refractivity contribution in [3.05, 3.63) is 12.2 Å². The van der Waals surface area contributed by atoms with E-state index in [4.69, 9.17) is 0 Å².